The van der Waals surface area contributed by atoms with Crippen molar-refractivity contribution in [2.75, 3.05) is 30.2 Å². The zero-order chi connectivity index (χ0) is 26.2. The van der Waals surface area contributed by atoms with E-state index in [-0.39, 0.29) is 37.6 Å². The molecule has 1 atom stereocenters. The third kappa shape index (κ3) is 7.93. The number of halogens is 1. The van der Waals surface area contributed by atoms with Crippen LogP contribution in [-0.4, -0.2) is 57.7 Å². The van der Waals surface area contributed by atoms with Gasteiger partial charge in [0.25, 0.3) is 0 Å². The topological polar surface area (TPSA) is 114 Å². The molecule has 198 valence electrons. The number of fused-ring (bicyclic) bond motifs is 1. The summed E-state index contributed by atoms with van der Waals surface area (Å²) in [6.07, 6.45) is 5.15. The molecule has 4 rings (SSSR count). The van der Waals surface area contributed by atoms with Crippen LogP contribution in [0.4, 0.5) is 5.69 Å². The van der Waals surface area contributed by atoms with Gasteiger partial charge in [0, 0.05) is 40.2 Å². The lowest BCUT2D eigenvalue weighted by Crippen LogP contribution is -2.45. The number of carbonyl (C=O) groups is 3. The largest absolute Gasteiger partial charge is 0.454 e. The van der Waals surface area contributed by atoms with Crippen LogP contribution in [0.25, 0.3) is 0 Å². The van der Waals surface area contributed by atoms with Gasteiger partial charge in [-0.15, -0.1) is 0 Å². The number of ether oxygens (including phenoxy) is 2. The van der Waals surface area contributed by atoms with Crippen LogP contribution in [0.2, 0.25) is 5.02 Å². The molecule has 37 heavy (non-hydrogen) atoms. The maximum Gasteiger partial charge on any atom is 0.239 e. The molecule has 3 amide bonds. The number of hydrogen-bond acceptors (Lipinski definition) is 6. The first-order valence-corrected chi connectivity index (χ1v) is 14.1. The Morgan fingerprint density at radius 3 is 2.51 bits per heavy atom. The molecular formula is C26H30ClN3O6S. The highest BCUT2D eigenvalue weighted by Gasteiger charge is 2.24. The predicted octanol–water partition coefficient (Wildman–Crippen LogP) is 3.23. The Morgan fingerprint density at radius 2 is 1.73 bits per heavy atom. The van der Waals surface area contributed by atoms with Gasteiger partial charge in [-0.1, -0.05) is 49.1 Å². The third-order valence-corrected chi connectivity index (χ3v) is 7.73. The summed E-state index contributed by atoms with van der Waals surface area (Å²) in [6, 6.07) is 12.1. The highest BCUT2D eigenvalue weighted by atomic mass is 35.5. The van der Waals surface area contributed by atoms with Gasteiger partial charge in [-0.05, 0) is 36.6 Å². The average molecular weight is 548 g/mol. The highest BCUT2D eigenvalue weighted by Crippen LogP contribution is 2.34. The third-order valence-electron chi connectivity index (χ3n) is 6.21. The zero-order valence-electron chi connectivity index (χ0n) is 20.4. The van der Waals surface area contributed by atoms with Crippen LogP contribution in [0, 0.1) is 0 Å². The summed E-state index contributed by atoms with van der Waals surface area (Å²) in [5.74, 6) is -0.928. The minimum atomic E-state index is -1.78. The van der Waals surface area contributed by atoms with Gasteiger partial charge >= 0.3 is 0 Å². The van der Waals surface area contributed by atoms with E-state index in [1.807, 2.05) is 0 Å². The predicted molar refractivity (Wildman–Crippen MR) is 141 cm³/mol. The normalized spacial score (nSPS) is 15.6. The van der Waals surface area contributed by atoms with Crippen molar-refractivity contribution in [3.05, 3.63) is 53.1 Å². The van der Waals surface area contributed by atoms with Gasteiger partial charge in [-0.25, -0.2) is 0 Å². The fourth-order valence-electron chi connectivity index (χ4n) is 4.36. The smallest absolute Gasteiger partial charge is 0.239 e. The van der Waals surface area contributed by atoms with Crippen LogP contribution < -0.4 is 20.1 Å². The standard InChI is InChI=1S/C26H30ClN3O6S/c27-21-9-5-4-6-18(21)13-30(14-24(31)28-19-7-2-1-3-8-19)26(33)16-37(34)15-25(32)29-20-10-11-22-23(12-20)36-17-35-22/h4-6,9-12,19H,1-3,7-8,13-17H2,(H,28,31)(H,29,32)/t37-/m0/s1. The van der Waals surface area contributed by atoms with Gasteiger partial charge in [0.1, 0.15) is 11.5 Å². The highest BCUT2D eigenvalue weighted by molar-refractivity contribution is 7.86. The first-order valence-electron chi connectivity index (χ1n) is 12.2. The van der Waals surface area contributed by atoms with Gasteiger partial charge in [0.15, 0.2) is 11.5 Å². The van der Waals surface area contributed by atoms with E-state index in [1.54, 1.807) is 42.5 Å². The Hall–Kier alpha value is -3.11. The zero-order valence-corrected chi connectivity index (χ0v) is 21.9. The Kier molecular flexibility index (Phi) is 9.40. The van der Waals surface area contributed by atoms with Crippen LogP contribution in [0.15, 0.2) is 42.5 Å². The van der Waals surface area contributed by atoms with Crippen molar-refractivity contribution in [3.8, 4) is 11.5 Å². The molecule has 2 aromatic rings. The molecule has 1 heterocycles. The van der Waals surface area contributed by atoms with Crippen molar-refractivity contribution in [1.29, 1.82) is 0 Å². The number of benzene rings is 2. The molecular weight excluding hydrogens is 518 g/mol. The van der Waals surface area contributed by atoms with Crippen molar-refractivity contribution in [2.24, 2.45) is 0 Å². The fraction of sp³-hybridized carbons (Fsp3) is 0.423. The van der Waals surface area contributed by atoms with Crippen molar-refractivity contribution >= 4 is 45.8 Å². The lowest BCUT2D eigenvalue weighted by atomic mass is 9.95. The van der Waals surface area contributed by atoms with E-state index < -0.39 is 28.4 Å². The first-order chi connectivity index (χ1) is 17.9. The van der Waals surface area contributed by atoms with E-state index in [1.165, 1.54) is 4.90 Å². The summed E-state index contributed by atoms with van der Waals surface area (Å²) in [5, 5.41) is 6.14. The van der Waals surface area contributed by atoms with Gasteiger partial charge in [0.05, 0.1) is 6.54 Å². The summed E-state index contributed by atoms with van der Waals surface area (Å²) < 4.78 is 23.2. The first kappa shape index (κ1) is 26.9. The molecule has 1 aliphatic carbocycles. The van der Waals surface area contributed by atoms with Crippen molar-refractivity contribution < 1.29 is 28.1 Å². The van der Waals surface area contributed by atoms with Gasteiger partial charge in [0.2, 0.25) is 24.5 Å². The number of carbonyl (C=O) groups excluding carboxylic acids is 3. The van der Waals surface area contributed by atoms with Crippen molar-refractivity contribution in [1.82, 2.24) is 10.2 Å². The Morgan fingerprint density at radius 1 is 0.973 bits per heavy atom. The maximum atomic E-state index is 13.1. The molecule has 11 heteroatoms. The minimum Gasteiger partial charge on any atom is -0.454 e. The summed E-state index contributed by atoms with van der Waals surface area (Å²) in [4.78, 5) is 39.6. The second-order valence-corrected chi connectivity index (χ2v) is 11.0. The number of hydrogen-bond donors (Lipinski definition) is 2. The van der Waals surface area contributed by atoms with Crippen molar-refractivity contribution in [2.45, 2.75) is 44.7 Å². The number of anilines is 1. The SMILES string of the molecule is O=C(C[S@](=O)CC(=O)N(CC(=O)NC1CCCCC1)Cc1ccccc1Cl)Nc1ccc2c(c1)OCO2. The monoisotopic (exact) mass is 547 g/mol. The van der Waals surface area contributed by atoms with Crippen LogP contribution >= 0.6 is 11.6 Å². The van der Waals surface area contributed by atoms with E-state index in [2.05, 4.69) is 10.6 Å². The molecule has 2 aromatic carbocycles. The number of nitrogens with zero attached hydrogens (tertiary/aromatic N) is 1. The molecule has 0 spiro atoms. The van der Waals surface area contributed by atoms with E-state index in [0.717, 1.165) is 32.1 Å². The molecule has 1 aliphatic heterocycles. The Balaban J connectivity index is 1.34. The molecule has 1 saturated carbocycles. The lowest BCUT2D eigenvalue weighted by Gasteiger charge is -2.26. The van der Waals surface area contributed by atoms with E-state index in [9.17, 15) is 18.6 Å². The molecule has 0 radical (unpaired) electrons. The minimum absolute atomic E-state index is 0.0944. The molecule has 9 nitrogen and oxygen atoms in total. The van der Waals surface area contributed by atoms with Crippen LogP contribution in [0.5, 0.6) is 11.5 Å². The summed E-state index contributed by atoms with van der Waals surface area (Å²) in [5.41, 5.74) is 1.15. The number of amides is 3. The molecule has 0 aromatic heterocycles. The second-order valence-electron chi connectivity index (χ2n) is 9.09. The van der Waals surface area contributed by atoms with E-state index >= 15 is 0 Å². The molecule has 2 N–H and O–H groups in total. The maximum absolute atomic E-state index is 13.1. The van der Waals surface area contributed by atoms with Gasteiger partial charge in [-0.3, -0.25) is 18.6 Å². The summed E-state index contributed by atoms with van der Waals surface area (Å²) in [6.45, 7) is 0.0283. The van der Waals surface area contributed by atoms with Crippen LogP contribution in [-0.2, 0) is 31.7 Å². The fourth-order valence-corrected chi connectivity index (χ4v) is 5.48. The van der Waals surface area contributed by atoms with E-state index in [4.69, 9.17) is 21.1 Å². The lowest BCUT2D eigenvalue weighted by molar-refractivity contribution is -0.135. The molecule has 0 unspecified atom stereocenters. The summed E-state index contributed by atoms with van der Waals surface area (Å²) >= 11 is 6.28. The van der Waals surface area contributed by atoms with Gasteiger partial charge < -0.3 is 25.0 Å². The van der Waals surface area contributed by atoms with Gasteiger partial charge in [-0.2, -0.15) is 0 Å². The quantitative estimate of drug-likeness (QED) is 0.472. The molecule has 0 saturated heterocycles. The van der Waals surface area contributed by atoms with E-state index in [0.29, 0.717) is 27.8 Å². The molecule has 2 aliphatic rings. The van der Waals surface area contributed by atoms with Crippen LogP contribution in [0.1, 0.15) is 37.7 Å². The average Bonchev–Trinajstić information content (AvgIpc) is 3.33. The number of rotatable bonds is 10. The Bertz CT molecular complexity index is 1170. The molecule has 0 bridgehead atoms. The Labute approximate surface area is 223 Å². The second kappa shape index (κ2) is 12.9. The van der Waals surface area contributed by atoms with Crippen LogP contribution in [0.3, 0.4) is 0 Å². The number of nitrogens with one attached hydrogen (secondary N) is 2. The molecule has 1 fully saturated rings. The van der Waals surface area contributed by atoms with Crippen molar-refractivity contribution in [3.63, 3.8) is 0 Å². The summed E-state index contributed by atoms with van der Waals surface area (Å²) in [7, 11) is -1.78.